The van der Waals surface area contributed by atoms with E-state index in [9.17, 15) is 8.42 Å². The van der Waals surface area contributed by atoms with Crippen LogP contribution < -0.4 is 15.5 Å². The molecule has 0 aliphatic carbocycles. The Labute approximate surface area is 154 Å². The first-order valence-electron chi connectivity index (χ1n) is 8.65. The minimum absolute atomic E-state index is 0.0458. The molecule has 1 atom stereocenters. The van der Waals surface area contributed by atoms with Gasteiger partial charge in [-0.3, -0.25) is 4.99 Å². The van der Waals surface area contributed by atoms with Gasteiger partial charge in [0.1, 0.15) is 0 Å². The predicted molar refractivity (Wildman–Crippen MR) is 106 cm³/mol. The summed E-state index contributed by atoms with van der Waals surface area (Å²) in [5.74, 6) is 3.50. The SMILES string of the molecule is CN=C(NCc1ccc(N2CCSCC2)cc1)NC1CCS(=O)(=O)C1. The number of aliphatic imine (C=N–C) groups is 1. The standard InChI is InChI=1S/C17H26N4O2S2/c1-18-17(20-15-6-11-25(22,23)13-15)19-12-14-2-4-16(5-3-14)21-7-9-24-10-8-21/h2-5,15H,6-13H2,1H3,(H2,18,19,20). The van der Waals surface area contributed by atoms with E-state index in [0.29, 0.717) is 18.9 Å². The lowest BCUT2D eigenvalue weighted by molar-refractivity contribution is 0.599. The number of rotatable bonds is 4. The van der Waals surface area contributed by atoms with Crippen LogP contribution in [0.25, 0.3) is 0 Å². The fourth-order valence-corrected chi connectivity index (χ4v) is 5.71. The monoisotopic (exact) mass is 382 g/mol. The number of anilines is 1. The zero-order chi connectivity index (χ0) is 17.7. The fraction of sp³-hybridized carbons (Fsp3) is 0.588. The molecule has 1 aromatic rings. The summed E-state index contributed by atoms with van der Waals surface area (Å²) in [7, 11) is -1.18. The maximum atomic E-state index is 11.5. The third-order valence-electron chi connectivity index (χ3n) is 4.57. The molecule has 1 unspecified atom stereocenters. The summed E-state index contributed by atoms with van der Waals surface area (Å²) in [6.45, 7) is 2.89. The molecule has 0 aromatic heterocycles. The van der Waals surface area contributed by atoms with E-state index < -0.39 is 9.84 Å². The Balaban J connectivity index is 1.50. The summed E-state index contributed by atoms with van der Waals surface area (Å²) in [6.07, 6.45) is 0.645. The van der Waals surface area contributed by atoms with E-state index in [0.717, 1.165) is 13.1 Å². The molecular weight excluding hydrogens is 356 g/mol. The molecule has 2 heterocycles. The minimum Gasteiger partial charge on any atom is -0.370 e. The molecule has 138 valence electrons. The van der Waals surface area contributed by atoms with E-state index in [4.69, 9.17) is 0 Å². The van der Waals surface area contributed by atoms with Crippen LogP contribution in [0.1, 0.15) is 12.0 Å². The van der Waals surface area contributed by atoms with E-state index in [1.165, 1.54) is 22.8 Å². The molecule has 2 aliphatic heterocycles. The molecule has 25 heavy (non-hydrogen) atoms. The molecule has 0 bridgehead atoms. The van der Waals surface area contributed by atoms with Crippen molar-refractivity contribution in [2.24, 2.45) is 4.99 Å². The Kier molecular flexibility index (Phi) is 6.11. The van der Waals surface area contributed by atoms with Gasteiger partial charge in [0.15, 0.2) is 15.8 Å². The lowest BCUT2D eigenvalue weighted by Gasteiger charge is -2.28. The van der Waals surface area contributed by atoms with Gasteiger partial charge in [-0.05, 0) is 24.1 Å². The van der Waals surface area contributed by atoms with Crippen LogP contribution >= 0.6 is 11.8 Å². The maximum absolute atomic E-state index is 11.5. The third-order valence-corrected chi connectivity index (χ3v) is 7.28. The number of hydrogen-bond acceptors (Lipinski definition) is 5. The van der Waals surface area contributed by atoms with Crippen LogP contribution in [-0.2, 0) is 16.4 Å². The van der Waals surface area contributed by atoms with E-state index in [1.54, 1.807) is 7.05 Å². The number of thioether (sulfide) groups is 1. The Bertz CT molecular complexity index is 698. The lowest BCUT2D eigenvalue weighted by Crippen LogP contribution is -2.43. The van der Waals surface area contributed by atoms with Crippen LogP contribution in [0.15, 0.2) is 29.3 Å². The number of guanidine groups is 1. The summed E-state index contributed by atoms with van der Waals surface area (Å²) in [5, 5.41) is 6.47. The van der Waals surface area contributed by atoms with Crippen LogP contribution in [0.2, 0.25) is 0 Å². The molecule has 6 nitrogen and oxygen atoms in total. The molecular formula is C17H26N4O2S2. The predicted octanol–water partition coefficient (Wildman–Crippen LogP) is 1.09. The van der Waals surface area contributed by atoms with E-state index in [-0.39, 0.29) is 17.5 Å². The average molecular weight is 383 g/mol. The van der Waals surface area contributed by atoms with Crippen molar-refractivity contribution in [1.29, 1.82) is 0 Å². The zero-order valence-corrected chi connectivity index (χ0v) is 16.2. The third kappa shape index (κ3) is 5.28. The van der Waals surface area contributed by atoms with E-state index in [1.807, 2.05) is 11.8 Å². The van der Waals surface area contributed by atoms with Gasteiger partial charge in [-0.15, -0.1) is 0 Å². The number of nitrogens with one attached hydrogen (secondary N) is 2. The topological polar surface area (TPSA) is 73.8 Å². The largest absolute Gasteiger partial charge is 0.370 e. The molecule has 2 saturated heterocycles. The Morgan fingerprint density at radius 1 is 1.28 bits per heavy atom. The van der Waals surface area contributed by atoms with Crippen molar-refractivity contribution in [2.75, 3.05) is 48.0 Å². The van der Waals surface area contributed by atoms with Crippen molar-refractivity contribution in [3.05, 3.63) is 29.8 Å². The summed E-state index contributed by atoms with van der Waals surface area (Å²) in [4.78, 5) is 6.62. The molecule has 1 aromatic carbocycles. The quantitative estimate of drug-likeness (QED) is 0.600. The number of nitrogens with zero attached hydrogens (tertiary/aromatic N) is 2. The van der Waals surface area contributed by atoms with Gasteiger partial charge in [-0.2, -0.15) is 11.8 Å². The smallest absolute Gasteiger partial charge is 0.191 e. The zero-order valence-electron chi connectivity index (χ0n) is 14.6. The van der Waals surface area contributed by atoms with Gasteiger partial charge >= 0.3 is 0 Å². The maximum Gasteiger partial charge on any atom is 0.191 e. The first-order valence-corrected chi connectivity index (χ1v) is 11.6. The summed E-state index contributed by atoms with van der Waals surface area (Å²) in [5.41, 5.74) is 2.46. The second-order valence-electron chi connectivity index (χ2n) is 6.44. The molecule has 8 heteroatoms. The molecule has 2 aliphatic rings. The van der Waals surface area contributed by atoms with Crippen LogP contribution in [0.4, 0.5) is 5.69 Å². The van der Waals surface area contributed by atoms with Crippen LogP contribution in [0.3, 0.4) is 0 Å². The van der Waals surface area contributed by atoms with Crippen molar-refractivity contribution in [2.45, 2.75) is 19.0 Å². The van der Waals surface area contributed by atoms with Crippen molar-refractivity contribution in [3.63, 3.8) is 0 Å². The van der Waals surface area contributed by atoms with Gasteiger partial charge in [0.25, 0.3) is 0 Å². The average Bonchev–Trinajstić information content (AvgIpc) is 2.98. The van der Waals surface area contributed by atoms with Crippen molar-refractivity contribution in [3.8, 4) is 0 Å². The highest BCUT2D eigenvalue weighted by atomic mass is 32.2. The van der Waals surface area contributed by atoms with Crippen molar-refractivity contribution < 1.29 is 8.42 Å². The molecule has 0 amide bonds. The molecule has 0 saturated carbocycles. The second kappa shape index (κ2) is 8.31. The normalized spacial score (nSPS) is 23.5. The molecule has 0 radical (unpaired) electrons. The minimum atomic E-state index is -2.88. The van der Waals surface area contributed by atoms with Crippen molar-refractivity contribution in [1.82, 2.24) is 10.6 Å². The highest BCUT2D eigenvalue weighted by Gasteiger charge is 2.28. The Morgan fingerprint density at radius 2 is 2.00 bits per heavy atom. The van der Waals surface area contributed by atoms with Crippen LogP contribution in [-0.4, -0.2) is 63.6 Å². The van der Waals surface area contributed by atoms with Gasteiger partial charge in [0.05, 0.1) is 11.5 Å². The van der Waals surface area contributed by atoms with Gasteiger partial charge < -0.3 is 15.5 Å². The fourth-order valence-electron chi connectivity index (χ4n) is 3.13. The Morgan fingerprint density at radius 3 is 2.60 bits per heavy atom. The van der Waals surface area contributed by atoms with Gasteiger partial charge in [-0.25, -0.2) is 8.42 Å². The second-order valence-corrected chi connectivity index (χ2v) is 9.89. The molecule has 3 rings (SSSR count). The number of benzene rings is 1. The summed E-state index contributed by atoms with van der Waals surface area (Å²) in [6, 6.07) is 8.57. The van der Waals surface area contributed by atoms with Gasteiger partial charge in [-0.1, -0.05) is 12.1 Å². The highest BCUT2D eigenvalue weighted by Crippen LogP contribution is 2.19. The van der Waals surface area contributed by atoms with E-state index >= 15 is 0 Å². The lowest BCUT2D eigenvalue weighted by atomic mass is 10.2. The van der Waals surface area contributed by atoms with Gasteiger partial charge in [0, 0.05) is 49.9 Å². The van der Waals surface area contributed by atoms with Crippen molar-refractivity contribution >= 4 is 33.2 Å². The summed E-state index contributed by atoms with van der Waals surface area (Å²) < 4.78 is 23.1. The summed E-state index contributed by atoms with van der Waals surface area (Å²) >= 11 is 2.01. The van der Waals surface area contributed by atoms with Crippen LogP contribution in [0.5, 0.6) is 0 Å². The van der Waals surface area contributed by atoms with Crippen LogP contribution in [0, 0.1) is 0 Å². The van der Waals surface area contributed by atoms with E-state index in [2.05, 4.69) is 44.8 Å². The van der Waals surface area contributed by atoms with Gasteiger partial charge in [0.2, 0.25) is 0 Å². The Hall–Kier alpha value is -1.41. The number of sulfone groups is 1. The molecule has 2 N–H and O–H groups in total. The molecule has 2 fully saturated rings. The highest BCUT2D eigenvalue weighted by molar-refractivity contribution is 7.99. The number of hydrogen-bond donors (Lipinski definition) is 2. The molecule has 0 spiro atoms. The first kappa shape index (κ1) is 18.4. The first-order chi connectivity index (χ1) is 12.1.